The zero-order valence-electron chi connectivity index (χ0n) is 15.0. The average molecular weight is 355 g/mol. The van der Waals surface area contributed by atoms with Gasteiger partial charge in [0, 0.05) is 24.7 Å². The maximum Gasteiger partial charge on any atom is 0.275 e. The average Bonchev–Trinajstić information content (AvgIpc) is 3.00. The van der Waals surface area contributed by atoms with Gasteiger partial charge in [-0.2, -0.15) is 4.98 Å². The highest BCUT2D eigenvalue weighted by Crippen LogP contribution is 2.28. The van der Waals surface area contributed by atoms with Gasteiger partial charge in [-0.1, -0.05) is 12.1 Å². The van der Waals surface area contributed by atoms with Gasteiger partial charge in [0.25, 0.3) is 5.56 Å². The fourth-order valence-corrected chi connectivity index (χ4v) is 3.57. The van der Waals surface area contributed by atoms with Crippen LogP contribution in [-0.2, 0) is 6.54 Å². The summed E-state index contributed by atoms with van der Waals surface area (Å²) in [6.07, 6.45) is 1.65. The maximum atomic E-state index is 14.7. The highest BCUT2D eigenvalue weighted by atomic mass is 19.1. The van der Waals surface area contributed by atoms with Gasteiger partial charge in [0.15, 0.2) is 0 Å². The Balaban J connectivity index is 1.81. The number of aryl methyl sites for hydroxylation is 1. The van der Waals surface area contributed by atoms with Crippen LogP contribution in [0.2, 0.25) is 0 Å². The number of anilines is 1. The Bertz CT molecular complexity index is 953. The summed E-state index contributed by atoms with van der Waals surface area (Å²) >= 11 is 0. The van der Waals surface area contributed by atoms with Crippen molar-refractivity contribution in [2.24, 2.45) is 10.7 Å². The number of nitrogens with two attached hydrogens (primary N) is 1. The Kier molecular flexibility index (Phi) is 3.91. The number of aliphatic imine (C=N–C) groups is 1. The molecule has 2 N–H and O–H groups in total. The quantitative estimate of drug-likeness (QED) is 0.891. The molecule has 26 heavy (non-hydrogen) atoms. The third kappa shape index (κ3) is 2.82. The van der Waals surface area contributed by atoms with E-state index in [2.05, 4.69) is 14.9 Å². The number of fused-ring (bicyclic) bond motifs is 1. The molecule has 0 radical (unpaired) electrons. The van der Waals surface area contributed by atoms with E-state index in [0.29, 0.717) is 28.6 Å². The maximum absolute atomic E-state index is 14.7. The first-order valence-electron chi connectivity index (χ1n) is 8.83. The van der Waals surface area contributed by atoms with Crippen LogP contribution in [0.1, 0.15) is 36.7 Å². The number of hydrogen-bond acceptors (Lipinski definition) is 5. The minimum atomic E-state index is -0.298. The van der Waals surface area contributed by atoms with Gasteiger partial charge in [0.2, 0.25) is 0 Å². The van der Waals surface area contributed by atoms with Gasteiger partial charge in [-0.15, -0.1) is 0 Å². The van der Waals surface area contributed by atoms with Crippen LogP contribution in [0.3, 0.4) is 0 Å². The van der Waals surface area contributed by atoms with Gasteiger partial charge < -0.3 is 10.6 Å². The van der Waals surface area contributed by atoms with Crippen molar-refractivity contribution in [1.82, 2.24) is 9.55 Å². The third-order valence-corrected chi connectivity index (χ3v) is 5.22. The molecule has 2 aromatic rings. The minimum absolute atomic E-state index is 0.197. The van der Waals surface area contributed by atoms with Gasteiger partial charge >= 0.3 is 0 Å². The Morgan fingerprint density at radius 3 is 2.73 bits per heavy atom. The van der Waals surface area contributed by atoms with Crippen LogP contribution in [0.15, 0.2) is 34.1 Å². The van der Waals surface area contributed by atoms with Crippen molar-refractivity contribution in [3.63, 3.8) is 0 Å². The second-order valence-corrected chi connectivity index (χ2v) is 7.42. The number of halogens is 1. The number of rotatable bonds is 2. The van der Waals surface area contributed by atoms with Crippen LogP contribution in [0.4, 0.5) is 10.2 Å². The van der Waals surface area contributed by atoms with E-state index in [-0.39, 0.29) is 23.5 Å². The molecule has 1 saturated heterocycles. The molecule has 0 bridgehead atoms. The van der Waals surface area contributed by atoms with Crippen molar-refractivity contribution in [3.05, 3.63) is 57.4 Å². The first kappa shape index (κ1) is 16.9. The van der Waals surface area contributed by atoms with Crippen LogP contribution >= 0.6 is 0 Å². The number of piperidine rings is 1. The van der Waals surface area contributed by atoms with E-state index < -0.39 is 0 Å². The summed E-state index contributed by atoms with van der Waals surface area (Å²) in [7, 11) is 0. The van der Waals surface area contributed by atoms with E-state index in [1.165, 1.54) is 6.07 Å². The van der Waals surface area contributed by atoms with Crippen LogP contribution in [0.25, 0.3) is 0 Å². The van der Waals surface area contributed by atoms with E-state index in [1.54, 1.807) is 19.1 Å². The lowest BCUT2D eigenvalue weighted by Gasteiger charge is -2.38. The van der Waals surface area contributed by atoms with Crippen LogP contribution in [0, 0.1) is 12.7 Å². The summed E-state index contributed by atoms with van der Waals surface area (Å²) in [4.78, 5) is 22.8. The summed E-state index contributed by atoms with van der Waals surface area (Å²) in [5.74, 6) is 1.47. The SMILES string of the molecule is Cc1cccc(C2=NCc3nc(=O)cc(N4CCC(C)(N)CC4)n32)c1F. The molecular formula is C19H22FN5O. The first-order chi connectivity index (χ1) is 12.4. The van der Waals surface area contributed by atoms with Crippen molar-refractivity contribution in [2.45, 2.75) is 38.8 Å². The van der Waals surface area contributed by atoms with Crippen LogP contribution in [-0.4, -0.2) is 34.0 Å². The lowest BCUT2D eigenvalue weighted by molar-refractivity contribution is 0.362. The van der Waals surface area contributed by atoms with Gasteiger partial charge in [-0.25, -0.2) is 4.39 Å². The fourth-order valence-electron chi connectivity index (χ4n) is 3.57. The highest BCUT2D eigenvalue weighted by Gasteiger charge is 2.30. The zero-order chi connectivity index (χ0) is 18.5. The predicted octanol–water partition coefficient (Wildman–Crippen LogP) is 1.82. The van der Waals surface area contributed by atoms with E-state index in [4.69, 9.17) is 5.73 Å². The fraction of sp³-hybridized carbons (Fsp3) is 0.421. The predicted molar refractivity (Wildman–Crippen MR) is 99.3 cm³/mol. The summed E-state index contributed by atoms with van der Waals surface area (Å²) in [5.41, 5.74) is 6.73. The molecule has 0 aliphatic carbocycles. The molecule has 1 fully saturated rings. The first-order valence-corrected chi connectivity index (χ1v) is 8.83. The van der Waals surface area contributed by atoms with Gasteiger partial charge in [0.1, 0.15) is 29.8 Å². The lowest BCUT2D eigenvalue weighted by atomic mass is 9.91. The lowest BCUT2D eigenvalue weighted by Crippen LogP contribution is -2.49. The Morgan fingerprint density at radius 2 is 2.00 bits per heavy atom. The number of aromatic nitrogens is 2. The molecule has 2 aliphatic rings. The summed E-state index contributed by atoms with van der Waals surface area (Å²) in [6, 6.07) is 6.76. The Morgan fingerprint density at radius 1 is 1.27 bits per heavy atom. The Labute approximate surface area is 151 Å². The van der Waals surface area contributed by atoms with Crippen molar-refractivity contribution in [2.75, 3.05) is 18.0 Å². The summed E-state index contributed by atoms with van der Waals surface area (Å²) < 4.78 is 16.5. The molecular weight excluding hydrogens is 333 g/mol. The highest BCUT2D eigenvalue weighted by molar-refractivity contribution is 6.03. The molecule has 0 amide bonds. The molecule has 1 aromatic carbocycles. The van der Waals surface area contributed by atoms with Crippen molar-refractivity contribution in [3.8, 4) is 0 Å². The van der Waals surface area contributed by atoms with Crippen molar-refractivity contribution < 1.29 is 4.39 Å². The molecule has 2 aliphatic heterocycles. The topological polar surface area (TPSA) is 76.5 Å². The second kappa shape index (κ2) is 6.02. The van der Waals surface area contributed by atoms with Crippen molar-refractivity contribution >= 4 is 11.7 Å². The molecule has 6 nitrogen and oxygen atoms in total. The van der Waals surface area contributed by atoms with Crippen molar-refractivity contribution in [1.29, 1.82) is 0 Å². The molecule has 0 spiro atoms. The third-order valence-electron chi connectivity index (χ3n) is 5.22. The summed E-state index contributed by atoms with van der Waals surface area (Å²) in [5, 5.41) is 0. The van der Waals surface area contributed by atoms with Gasteiger partial charge in [-0.3, -0.25) is 14.4 Å². The second-order valence-electron chi connectivity index (χ2n) is 7.42. The number of hydrogen-bond donors (Lipinski definition) is 1. The van der Waals surface area contributed by atoms with Gasteiger partial charge in [0.05, 0.1) is 5.56 Å². The molecule has 4 rings (SSSR count). The molecule has 3 heterocycles. The number of nitrogens with zero attached hydrogens (tertiary/aromatic N) is 4. The van der Waals surface area contributed by atoms with E-state index in [0.717, 1.165) is 25.9 Å². The smallest absolute Gasteiger partial charge is 0.275 e. The standard InChI is InChI=1S/C19H22FN5O/c1-12-4-3-5-13(17(12)20)18-22-11-14-23-15(26)10-16(25(14)18)24-8-6-19(2,21)7-9-24/h3-5,10H,6-9,11,21H2,1-2H3. The summed E-state index contributed by atoms with van der Waals surface area (Å²) in [6.45, 7) is 5.52. The minimum Gasteiger partial charge on any atom is -0.357 e. The molecule has 0 saturated carbocycles. The zero-order valence-corrected chi connectivity index (χ0v) is 15.0. The normalized spacial score (nSPS) is 18.6. The van der Waals surface area contributed by atoms with E-state index in [1.807, 2.05) is 17.6 Å². The molecule has 0 unspecified atom stereocenters. The van der Waals surface area contributed by atoms with E-state index >= 15 is 0 Å². The molecule has 1 aromatic heterocycles. The number of benzene rings is 1. The molecule has 7 heteroatoms. The Hall–Kier alpha value is -2.54. The molecule has 0 atom stereocenters. The van der Waals surface area contributed by atoms with Gasteiger partial charge in [-0.05, 0) is 38.3 Å². The monoisotopic (exact) mass is 355 g/mol. The van der Waals surface area contributed by atoms with Crippen LogP contribution < -0.4 is 16.2 Å². The molecule has 136 valence electrons. The van der Waals surface area contributed by atoms with Crippen LogP contribution in [0.5, 0.6) is 0 Å². The largest absolute Gasteiger partial charge is 0.357 e. The van der Waals surface area contributed by atoms with E-state index in [9.17, 15) is 9.18 Å².